The Labute approximate surface area is 99.3 Å². The van der Waals surface area contributed by atoms with Crippen molar-refractivity contribution < 1.29 is 5.11 Å². The van der Waals surface area contributed by atoms with E-state index in [0.717, 1.165) is 6.42 Å². The normalized spacial score (nSPS) is 9.73. The summed E-state index contributed by atoms with van der Waals surface area (Å²) in [5, 5.41) is 8.80. The number of halogens is 2. The molecule has 1 aromatic rings. The van der Waals surface area contributed by atoms with Gasteiger partial charge >= 0.3 is 0 Å². The minimum atomic E-state index is 0. The summed E-state index contributed by atoms with van der Waals surface area (Å²) in [6, 6.07) is 0. The van der Waals surface area contributed by atoms with Gasteiger partial charge in [0.2, 0.25) is 5.95 Å². The Bertz CT molecular complexity index is 322. The lowest BCUT2D eigenvalue weighted by molar-refractivity contribution is 0.284. The maximum Gasteiger partial charge on any atom is 0.221 e. The number of hydrogen-bond acceptors (Lipinski definition) is 5. The van der Waals surface area contributed by atoms with Crippen LogP contribution in [0.15, 0.2) is 0 Å². The van der Waals surface area contributed by atoms with Crippen LogP contribution in [0.5, 0.6) is 0 Å². The van der Waals surface area contributed by atoms with Crippen molar-refractivity contribution in [2.24, 2.45) is 0 Å². The molecule has 0 fully saturated rings. The Morgan fingerprint density at radius 2 is 1.87 bits per heavy atom. The molecule has 1 heterocycles. The van der Waals surface area contributed by atoms with Gasteiger partial charge < -0.3 is 16.6 Å². The van der Waals surface area contributed by atoms with Crippen LogP contribution in [0.4, 0.5) is 11.6 Å². The number of hydrogen-bond donors (Lipinski definition) is 3. The van der Waals surface area contributed by atoms with E-state index in [0.29, 0.717) is 24.2 Å². The standard InChI is InChI=1S/C8H13ClN4O.ClH/c9-7-6(10)5(3-1-2-4-14)12-8(11)13-7;/h14H,1-4,10H2,(H2,11,12,13);1H. The summed E-state index contributed by atoms with van der Waals surface area (Å²) in [5.41, 5.74) is 12.1. The van der Waals surface area contributed by atoms with Crippen molar-refractivity contribution in [3.05, 3.63) is 10.8 Å². The van der Waals surface area contributed by atoms with E-state index < -0.39 is 0 Å². The number of rotatable bonds is 4. The second kappa shape index (κ2) is 6.66. The first-order valence-corrected chi connectivity index (χ1v) is 4.71. The Morgan fingerprint density at radius 3 is 2.47 bits per heavy atom. The van der Waals surface area contributed by atoms with E-state index in [1.807, 2.05) is 0 Å². The van der Waals surface area contributed by atoms with Gasteiger partial charge in [-0.1, -0.05) is 11.6 Å². The van der Waals surface area contributed by atoms with Gasteiger partial charge in [0.25, 0.3) is 0 Å². The molecule has 0 saturated carbocycles. The van der Waals surface area contributed by atoms with Crippen LogP contribution in [0.25, 0.3) is 0 Å². The molecular formula is C8H14Cl2N4O. The molecule has 0 atom stereocenters. The fraction of sp³-hybridized carbons (Fsp3) is 0.500. The Morgan fingerprint density at radius 1 is 1.20 bits per heavy atom. The highest BCUT2D eigenvalue weighted by Crippen LogP contribution is 2.21. The Hall–Kier alpha value is -0.780. The maximum absolute atomic E-state index is 8.61. The number of aromatic nitrogens is 2. The molecule has 0 saturated heterocycles. The van der Waals surface area contributed by atoms with Gasteiger partial charge in [0.05, 0.1) is 11.4 Å². The molecule has 7 heteroatoms. The predicted octanol–water partition coefficient (Wildman–Crippen LogP) is 1.03. The number of aryl methyl sites for hydroxylation is 1. The number of anilines is 2. The summed E-state index contributed by atoms with van der Waals surface area (Å²) < 4.78 is 0. The first-order valence-electron chi connectivity index (χ1n) is 4.33. The molecule has 15 heavy (non-hydrogen) atoms. The molecule has 0 aliphatic carbocycles. The SMILES string of the molecule is Cl.Nc1nc(Cl)c(N)c(CCCCO)n1. The van der Waals surface area contributed by atoms with Crippen LogP contribution in [-0.4, -0.2) is 21.7 Å². The number of aliphatic hydroxyl groups excluding tert-OH is 1. The smallest absolute Gasteiger partial charge is 0.221 e. The monoisotopic (exact) mass is 252 g/mol. The maximum atomic E-state index is 8.61. The predicted molar refractivity (Wildman–Crippen MR) is 63.1 cm³/mol. The minimum Gasteiger partial charge on any atom is -0.396 e. The molecule has 0 spiro atoms. The summed E-state index contributed by atoms with van der Waals surface area (Å²) in [4.78, 5) is 7.70. The average molecular weight is 253 g/mol. The summed E-state index contributed by atoms with van der Waals surface area (Å²) in [6.45, 7) is 0.161. The second-order valence-electron chi connectivity index (χ2n) is 2.91. The number of nitrogen functional groups attached to an aromatic ring is 2. The first-order chi connectivity index (χ1) is 6.65. The molecule has 1 rings (SSSR count). The quantitative estimate of drug-likeness (QED) is 0.550. The van der Waals surface area contributed by atoms with E-state index in [1.165, 1.54) is 0 Å². The largest absolute Gasteiger partial charge is 0.396 e. The van der Waals surface area contributed by atoms with E-state index in [9.17, 15) is 0 Å². The number of unbranched alkanes of at least 4 members (excludes halogenated alkanes) is 1. The molecule has 5 N–H and O–H groups in total. The third kappa shape index (κ3) is 4.07. The van der Waals surface area contributed by atoms with Crippen LogP contribution >= 0.6 is 24.0 Å². The zero-order valence-electron chi connectivity index (χ0n) is 8.11. The van der Waals surface area contributed by atoms with Gasteiger partial charge in [-0.05, 0) is 19.3 Å². The van der Waals surface area contributed by atoms with Crippen molar-refractivity contribution in [3.8, 4) is 0 Å². The van der Waals surface area contributed by atoms with Crippen LogP contribution < -0.4 is 11.5 Å². The van der Waals surface area contributed by atoms with Gasteiger partial charge in [-0.2, -0.15) is 4.98 Å². The van der Waals surface area contributed by atoms with Crippen LogP contribution in [-0.2, 0) is 6.42 Å². The fourth-order valence-corrected chi connectivity index (χ4v) is 1.29. The minimum absolute atomic E-state index is 0. The van der Waals surface area contributed by atoms with Crippen LogP contribution in [0.2, 0.25) is 5.15 Å². The van der Waals surface area contributed by atoms with E-state index in [-0.39, 0.29) is 30.1 Å². The van der Waals surface area contributed by atoms with Crippen molar-refractivity contribution in [2.45, 2.75) is 19.3 Å². The Balaban J connectivity index is 0.00000196. The highest BCUT2D eigenvalue weighted by molar-refractivity contribution is 6.32. The lowest BCUT2D eigenvalue weighted by atomic mass is 10.2. The molecule has 0 amide bonds. The van der Waals surface area contributed by atoms with Crippen molar-refractivity contribution in [2.75, 3.05) is 18.1 Å². The zero-order valence-corrected chi connectivity index (χ0v) is 9.68. The highest BCUT2D eigenvalue weighted by Gasteiger charge is 2.07. The van der Waals surface area contributed by atoms with Gasteiger partial charge in [-0.3, -0.25) is 0 Å². The summed E-state index contributed by atoms with van der Waals surface area (Å²) in [7, 11) is 0. The summed E-state index contributed by atoms with van der Waals surface area (Å²) >= 11 is 5.73. The molecule has 0 bridgehead atoms. The topological polar surface area (TPSA) is 98.0 Å². The van der Waals surface area contributed by atoms with Gasteiger partial charge in [-0.15, -0.1) is 12.4 Å². The van der Waals surface area contributed by atoms with E-state index in [4.69, 9.17) is 28.2 Å². The van der Waals surface area contributed by atoms with Crippen LogP contribution in [0.3, 0.4) is 0 Å². The van der Waals surface area contributed by atoms with E-state index >= 15 is 0 Å². The molecule has 0 unspecified atom stereocenters. The van der Waals surface area contributed by atoms with Crippen LogP contribution in [0, 0.1) is 0 Å². The lowest BCUT2D eigenvalue weighted by Crippen LogP contribution is -2.05. The van der Waals surface area contributed by atoms with Crippen molar-refractivity contribution >= 4 is 35.6 Å². The number of aliphatic hydroxyl groups is 1. The second-order valence-corrected chi connectivity index (χ2v) is 3.27. The van der Waals surface area contributed by atoms with Gasteiger partial charge in [0, 0.05) is 6.61 Å². The molecule has 86 valence electrons. The molecular weight excluding hydrogens is 239 g/mol. The molecule has 0 aromatic carbocycles. The number of nitrogens with zero attached hydrogens (tertiary/aromatic N) is 2. The highest BCUT2D eigenvalue weighted by atomic mass is 35.5. The van der Waals surface area contributed by atoms with Gasteiger partial charge in [-0.25, -0.2) is 4.98 Å². The summed E-state index contributed by atoms with van der Waals surface area (Å²) in [6.07, 6.45) is 2.16. The third-order valence-electron chi connectivity index (χ3n) is 1.82. The molecule has 5 nitrogen and oxygen atoms in total. The summed E-state index contributed by atoms with van der Waals surface area (Å²) in [5.74, 6) is 0.128. The Kier molecular flexibility index (Phi) is 6.31. The van der Waals surface area contributed by atoms with E-state index in [1.54, 1.807) is 0 Å². The zero-order chi connectivity index (χ0) is 10.6. The van der Waals surface area contributed by atoms with Gasteiger partial charge in [0.1, 0.15) is 0 Å². The van der Waals surface area contributed by atoms with E-state index in [2.05, 4.69) is 9.97 Å². The third-order valence-corrected chi connectivity index (χ3v) is 2.11. The number of nitrogens with two attached hydrogens (primary N) is 2. The van der Waals surface area contributed by atoms with Gasteiger partial charge in [0.15, 0.2) is 5.15 Å². The fourth-order valence-electron chi connectivity index (χ4n) is 1.10. The average Bonchev–Trinajstić information content (AvgIpc) is 2.13. The molecule has 0 aliphatic rings. The lowest BCUT2D eigenvalue weighted by Gasteiger charge is -2.06. The molecule has 0 aliphatic heterocycles. The molecule has 1 aromatic heterocycles. The van der Waals surface area contributed by atoms with Crippen LogP contribution in [0.1, 0.15) is 18.5 Å². The van der Waals surface area contributed by atoms with Crippen molar-refractivity contribution in [1.29, 1.82) is 0 Å². The molecule has 0 radical (unpaired) electrons. The van der Waals surface area contributed by atoms with Crippen molar-refractivity contribution in [3.63, 3.8) is 0 Å². The van der Waals surface area contributed by atoms with Crippen molar-refractivity contribution in [1.82, 2.24) is 9.97 Å². The first kappa shape index (κ1) is 14.2.